The third kappa shape index (κ3) is 3.23. The first kappa shape index (κ1) is 13.4. The lowest BCUT2D eigenvalue weighted by molar-refractivity contribution is 0.0528. The van der Waals surface area contributed by atoms with Gasteiger partial charge in [-0.2, -0.15) is 0 Å². The quantitative estimate of drug-likeness (QED) is 0.865. The maximum atomic E-state index is 11.8. The number of hydrogen-bond acceptors (Lipinski definition) is 4. The summed E-state index contributed by atoms with van der Waals surface area (Å²) in [6.45, 7) is 2.12. The molecular formula is C15H15NO2S. The molecule has 0 amide bonds. The van der Waals surface area contributed by atoms with Crippen molar-refractivity contribution < 1.29 is 9.53 Å². The Morgan fingerprint density at radius 3 is 2.74 bits per heavy atom. The van der Waals surface area contributed by atoms with Crippen molar-refractivity contribution in [2.75, 3.05) is 12.3 Å². The number of carbonyl (C=O) groups excluding carboxylic acids is 1. The van der Waals surface area contributed by atoms with Crippen LogP contribution >= 0.6 is 11.3 Å². The number of esters is 1. The SMILES string of the molecule is CCOC(=O)c1c(C=Cc2ccccc2)csc1N. The Labute approximate surface area is 116 Å². The molecule has 0 spiro atoms. The van der Waals surface area contributed by atoms with E-state index in [1.807, 2.05) is 47.9 Å². The first-order chi connectivity index (χ1) is 9.22. The second-order valence-corrected chi connectivity index (χ2v) is 4.81. The van der Waals surface area contributed by atoms with Crippen LogP contribution in [0.15, 0.2) is 35.7 Å². The Morgan fingerprint density at radius 2 is 2.05 bits per heavy atom. The molecule has 1 aromatic heterocycles. The van der Waals surface area contributed by atoms with E-state index in [1.54, 1.807) is 6.92 Å². The van der Waals surface area contributed by atoms with Gasteiger partial charge < -0.3 is 10.5 Å². The molecule has 98 valence electrons. The van der Waals surface area contributed by atoms with E-state index in [2.05, 4.69) is 0 Å². The highest BCUT2D eigenvalue weighted by Gasteiger charge is 2.16. The minimum absolute atomic E-state index is 0.343. The van der Waals surface area contributed by atoms with Crippen molar-refractivity contribution in [1.82, 2.24) is 0 Å². The van der Waals surface area contributed by atoms with E-state index in [0.717, 1.165) is 11.1 Å². The van der Waals surface area contributed by atoms with Gasteiger partial charge in [-0.1, -0.05) is 42.5 Å². The summed E-state index contributed by atoms with van der Waals surface area (Å²) < 4.78 is 5.01. The summed E-state index contributed by atoms with van der Waals surface area (Å²) in [5.41, 5.74) is 8.15. The first-order valence-electron chi connectivity index (χ1n) is 5.99. The Kier molecular flexibility index (Phi) is 4.36. The lowest BCUT2D eigenvalue weighted by Gasteiger charge is -2.02. The Balaban J connectivity index is 2.26. The molecule has 0 aliphatic carbocycles. The van der Waals surface area contributed by atoms with Crippen LogP contribution in [0.5, 0.6) is 0 Å². The number of benzene rings is 1. The summed E-state index contributed by atoms with van der Waals surface area (Å²) in [4.78, 5) is 11.8. The topological polar surface area (TPSA) is 52.3 Å². The number of ether oxygens (including phenoxy) is 1. The number of carbonyl (C=O) groups is 1. The van der Waals surface area contributed by atoms with Crippen LogP contribution in [0.3, 0.4) is 0 Å². The molecule has 0 radical (unpaired) electrons. The molecule has 0 saturated heterocycles. The van der Waals surface area contributed by atoms with Gasteiger partial charge in [0.05, 0.1) is 6.61 Å². The fourth-order valence-electron chi connectivity index (χ4n) is 1.68. The molecule has 0 unspecified atom stereocenters. The highest BCUT2D eigenvalue weighted by atomic mass is 32.1. The van der Waals surface area contributed by atoms with Gasteiger partial charge in [-0.3, -0.25) is 0 Å². The van der Waals surface area contributed by atoms with Crippen molar-refractivity contribution in [3.8, 4) is 0 Å². The molecule has 0 aliphatic heterocycles. The lowest BCUT2D eigenvalue weighted by atomic mass is 10.1. The second-order valence-electron chi connectivity index (χ2n) is 3.89. The van der Waals surface area contributed by atoms with Gasteiger partial charge in [0.2, 0.25) is 0 Å². The fourth-order valence-corrected chi connectivity index (χ4v) is 2.45. The minimum atomic E-state index is -0.367. The zero-order valence-corrected chi connectivity index (χ0v) is 11.4. The fraction of sp³-hybridized carbons (Fsp3) is 0.133. The van der Waals surface area contributed by atoms with Crippen LogP contribution in [0.2, 0.25) is 0 Å². The predicted octanol–water partition coefficient (Wildman–Crippen LogP) is 3.68. The van der Waals surface area contributed by atoms with Gasteiger partial charge in [-0.15, -0.1) is 11.3 Å². The summed E-state index contributed by atoms with van der Waals surface area (Å²) in [6, 6.07) is 9.89. The van der Waals surface area contributed by atoms with Crippen LogP contribution in [0, 0.1) is 0 Å². The first-order valence-corrected chi connectivity index (χ1v) is 6.87. The van der Waals surface area contributed by atoms with Crippen LogP contribution in [-0.2, 0) is 4.74 Å². The zero-order chi connectivity index (χ0) is 13.7. The largest absolute Gasteiger partial charge is 0.462 e. The summed E-state index contributed by atoms with van der Waals surface area (Å²) >= 11 is 1.35. The Hall–Kier alpha value is -2.07. The molecule has 2 N–H and O–H groups in total. The molecular weight excluding hydrogens is 258 g/mol. The molecule has 1 heterocycles. The van der Waals surface area contributed by atoms with Crippen molar-refractivity contribution in [3.63, 3.8) is 0 Å². The van der Waals surface area contributed by atoms with Crippen molar-refractivity contribution in [1.29, 1.82) is 0 Å². The van der Waals surface area contributed by atoms with Crippen LogP contribution < -0.4 is 5.73 Å². The van der Waals surface area contributed by atoms with E-state index in [4.69, 9.17) is 10.5 Å². The minimum Gasteiger partial charge on any atom is -0.462 e. The summed E-state index contributed by atoms with van der Waals surface area (Å²) in [5, 5.41) is 2.35. The number of nitrogen functional groups attached to an aromatic ring is 1. The van der Waals surface area contributed by atoms with E-state index in [-0.39, 0.29) is 5.97 Å². The molecule has 3 nitrogen and oxygen atoms in total. The van der Waals surface area contributed by atoms with Gasteiger partial charge in [0.15, 0.2) is 0 Å². The van der Waals surface area contributed by atoms with Crippen molar-refractivity contribution in [3.05, 3.63) is 52.4 Å². The summed E-state index contributed by atoms with van der Waals surface area (Å²) in [5.74, 6) is -0.367. The highest BCUT2D eigenvalue weighted by molar-refractivity contribution is 7.14. The predicted molar refractivity (Wildman–Crippen MR) is 80.1 cm³/mol. The van der Waals surface area contributed by atoms with Crippen LogP contribution in [-0.4, -0.2) is 12.6 Å². The van der Waals surface area contributed by atoms with E-state index >= 15 is 0 Å². The zero-order valence-electron chi connectivity index (χ0n) is 10.6. The Morgan fingerprint density at radius 1 is 1.32 bits per heavy atom. The molecule has 0 saturated carbocycles. The third-order valence-electron chi connectivity index (χ3n) is 2.58. The second kappa shape index (κ2) is 6.20. The average Bonchev–Trinajstić information content (AvgIpc) is 2.79. The smallest absolute Gasteiger partial charge is 0.341 e. The maximum absolute atomic E-state index is 11.8. The molecule has 2 rings (SSSR count). The lowest BCUT2D eigenvalue weighted by Crippen LogP contribution is -2.07. The van der Waals surface area contributed by atoms with Gasteiger partial charge >= 0.3 is 5.97 Å². The molecule has 4 heteroatoms. The monoisotopic (exact) mass is 273 g/mol. The molecule has 0 atom stereocenters. The van der Waals surface area contributed by atoms with Crippen molar-refractivity contribution in [2.24, 2.45) is 0 Å². The molecule has 0 fully saturated rings. The summed E-state index contributed by atoms with van der Waals surface area (Å²) in [7, 11) is 0. The number of hydrogen-bond donors (Lipinski definition) is 1. The van der Waals surface area contributed by atoms with Crippen molar-refractivity contribution >= 4 is 34.5 Å². The number of anilines is 1. The number of rotatable bonds is 4. The van der Waals surface area contributed by atoms with E-state index in [0.29, 0.717) is 17.2 Å². The van der Waals surface area contributed by atoms with Gasteiger partial charge in [0.1, 0.15) is 10.6 Å². The van der Waals surface area contributed by atoms with Crippen LogP contribution in [0.1, 0.15) is 28.4 Å². The molecule has 1 aromatic carbocycles. The number of nitrogens with two attached hydrogens (primary N) is 1. The molecule has 19 heavy (non-hydrogen) atoms. The van der Waals surface area contributed by atoms with E-state index in [9.17, 15) is 4.79 Å². The summed E-state index contributed by atoms with van der Waals surface area (Å²) in [6.07, 6.45) is 3.83. The van der Waals surface area contributed by atoms with Crippen molar-refractivity contribution in [2.45, 2.75) is 6.92 Å². The van der Waals surface area contributed by atoms with E-state index in [1.165, 1.54) is 11.3 Å². The molecule has 0 bridgehead atoms. The molecule has 2 aromatic rings. The van der Waals surface area contributed by atoms with Gasteiger partial charge in [-0.25, -0.2) is 4.79 Å². The van der Waals surface area contributed by atoms with Crippen LogP contribution in [0.25, 0.3) is 12.2 Å². The highest BCUT2D eigenvalue weighted by Crippen LogP contribution is 2.27. The van der Waals surface area contributed by atoms with Crippen LogP contribution in [0.4, 0.5) is 5.00 Å². The third-order valence-corrected chi connectivity index (χ3v) is 3.41. The van der Waals surface area contributed by atoms with Gasteiger partial charge in [0.25, 0.3) is 0 Å². The van der Waals surface area contributed by atoms with Gasteiger partial charge in [-0.05, 0) is 12.5 Å². The molecule has 0 aliphatic rings. The normalized spacial score (nSPS) is 10.8. The van der Waals surface area contributed by atoms with Gasteiger partial charge in [0, 0.05) is 10.9 Å². The maximum Gasteiger partial charge on any atom is 0.341 e. The average molecular weight is 273 g/mol. The Bertz CT molecular complexity index is 587. The van der Waals surface area contributed by atoms with E-state index < -0.39 is 0 Å². The standard InChI is InChI=1S/C15H15NO2S/c1-2-18-15(17)13-12(10-19-14(13)16)9-8-11-6-4-3-5-7-11/h3-10H,2,16H2,1H3. The number of thiophene rings is 1.